The van der Waals surface area contributed by atoms with Crippen LogP contribution < -0.4 is 0 Å². The Morgan fingerprint density at radius 3 is 2.62 bits per heavy atom. The molecule has 0 radical (unpaired) electrons. The van der Waals surface area contributed by atoms with E-state index in [2.05, 4.69) is 0 Å². The topological polar surface area (TPSA) is 37.3 Å². The summed E-state index contributed by atoms with van der Waals surface area (Å²) < 4.78 is 0. The Hall–Kier alpha value is -1.57. The highest BCUT2D eigenvalue weighted by Gasteiger charge is 1.96. The number of benzene rings is 1. The fraction of sp³-hybridized carbons (Fsp3) is 0.182. The maximum atomic E-state index is 10.9. The number of rotatable bonds is 2. The van der Waals surface area contributed by atoms with Crippen LogP contribution in [0.4, 0.5) is 0 Å². The third-order valence-electron chi connectivity index (χ3n) is 1.81. The van der Waals surface area contributed by atoms with Crippen molar-refractivity contribution in [1.29, 1.82) is 0 Å². The quantitative estimate of drug-likeness (QED) is 0.702. The lowest BCUT2D eigenvalue weighted by molar-refractivity contribution is -0.113. The molecule has 2 heteroatoms. The molecule has 1 N–H and O–H groups in total. The summed E-state index contributed by atoms with van der Waals surface area (Å²) in [7, 11) is 0. The van der Waals surface area contributed by atoms with E-state index in [0.29, 0.717) is 5.57 Å². The number of hydrogen-bond donors (Lipinski definition) is 1. The van der Waals surface area contributed by atoms with Crippen LogP contribution in [-0.2, 0) is 4.79 Å². The summed E-state index contributed by atoms with van der Waals surface area (Å²) in [6, 6.07) is 6.80. The standard InChI is InChI=1S/C11H12O2/c1-8(9(2)12)6-10-4-3-5-11(13)7-10/h3-7,13H,1-2H3/b8-6-. The van der Waals surface area contributed by atoms with Gasteiger partial charge < -0.3 is 5.11 Å². The van der Waals surface area contributed by atoms with Crippen LogP contribution in [-0.4, -0.2) is 10.9 Å². The van der Waals surface area contributed by atoms with Crippen molar-refractivity contribution in [3.8, 4) is 5.75 Å². The molecule has 1 rings (SSSR count). The van der Waals surface area contributed by atoms with E-state index in [-0.39, 0.29) is 11.5 Å². The predicted molar refractivity (Wildman–Crippen MR) is 52.4 cm³/mol. The highest BCUT2D eigenvalue weighted by Crippen LogP contribution is 2.13. The lowest BCUT2D eigenvalue weighted by Gasteiger charge is -1.97. The first-order valence-electron chi connectivity index (χ1n) is 4.08. The summed E-state index contributed by atoms with van der Waals surface area (Å²) >= 11 is 0. The Kier molecular flexibility index (Phi) is 2.85. The number of carbonyl (C=O) groups is 1. The number of carbonyl (C=O) groups excluding carboxylic acids is 1. The molecule has 0 saturated heterocycles. The molecule has 0 aliphatic heterocycles. The number of aromatic hydroxyl groups is 1. The minimum absolute atomic E-state index is 0.0448. The van der Waals surface area contributed by atoms with Crippen molar-refractivity contribution >= 4 is 11.9 Å². The summed E-state index contributed by atoms with van der Waals surface area (Å²) in [6.45, 7) is 3.28. The van der Waals surface area contributed by atoms with Gasteiger partial charge in [-0.15, -0.1) is 0 Å². The SMILES string of the molecule is CC(=O)/C(C)=C\c1cccc(O)c1. The van der Waals surface area contributed by atoms with E-state index in [1.165, 1.54) is 6.92 Å². The van der Waals surface area contributed by atoms with Crippen LogP contribution >= 0.6 is 0 Å². The van der Waals surface area contributed by atoms with Gasteiger partial charge in [0.25, 0.3) is 0 Å². The zero-order valence-electron chi connectivity index (χ0n) is 7.74. The molecule has 0 bridgehead atoms. The van der Waals surface area contributed by atoms with Gasteiger partial charge in [-0.1, -0.05) is 12.1 Å². The van der Waals surface area contributed by atoms with Gasteiger partial charge in [-0.25, -0.2) is 0 Å². The molecule has 2 nitrogen and oxygen atoms in total. The highest BCUT2D eigenvalue weighted by atomic mass is 16.3. The molecule has 0 heterocycles. The number of hydrogen-bond acceptors (Lipinski definition) is 2. The Labute approximate surface area is 77.5 Å². The van der Waals surface area contributed by atoms with Gasteiger partial charge in [0.05, 0.1) is 0 Å². The second-order valence-electron chi connectivity index (χ2n) is 2.98. The lowest BCUT2D eigenvalue weighted by Crippen LogP contribution is -1.90. The van der Waals surface area contributed by atoms with E-state index in [1.807, 2.05) is 6.07 Å². The first-order chi connectivity index (χ1) is 6.09. The average Bonchev–Trinajstić information content (AvgIpc) is 2.04. The Morgan fingerprint density at radius 1 is 1.38 bits per heavy atom. The maximum absolute atomic E-state index is 10.9. The van der Waals surface area contributed by atoms with E-state index in [0.717, 1.165) is 5.56 Å². The van der Waals surface area contributed by atoms with Crippen LogP contribution in [0, 0.1) is 0 Å². The molecule has 0 spiro atoms. The molecule has 0 aliphatic rings. The number of ketones is 1. The van der Waals surface area contributed by atoms with Gasteiger partial charge in [0.1, 0.15) is 5.75 Å². The molecule has 1 aromatic rings. The van der Waals surface area contributed by atoms with E-state index >= 15 is 0 Å². The summed E-state index contributed by atoms with van der Waals surface area (Å²) in [5.41, 5.74) is 1.53. The molecular weight excluding hydrogens is 164 g/mol. The zero-order valence-corrected chi connectivity index (χ0v) is 7.74. The Bertz CT molecular complexity index is 351. The summed E-state index contributed by atoms with van der Waals surface area (Å²) in [4.78, 5) is 10.9. The molecular formula is C11H12O2. The summed E-state index contributed by atoms with van der Waals surface area (Å²) in [5.74, 6) is 0.258. The van der Waals surface area contributed by atoms with Crippen molar-refractivity contribution in [2.75, 3.05) is 0 Å². The number of phenolic OH excluding ortho intramolecular Hbond substituents is 1. The molecule has 0 atom stereocenters. The van der Waals surface area contributed by atoms with E-state index in [4.69, 9.17) is 5.11 Å². The van der Waals surface area contributed by atoms with E-state index in [1.54, 1.807) is 31.2 Å². The maximum Gasteiger partial charge on any atom is 0.155 e. The van der Waals surface area contributed by atoms with Gasteiger partial charge in [-0.3, -0.25) is 4.79 Å². The third-order valence-corrected chi connectivity index (χ3v) is 1.81. The summed E-state index contributed by atoms with van der Waals surface area (Å²) in [6.07, 6.45) is 1.75. The van der Waals surface area contributed by atoms with Crippen LogP contribution in [0.2, 0.25) is 0 Å². The Balaban J connectivity index is 2.97. The number of allylic oxidation sites excluding steroid dienone is 1. The van der Waals surface area contributed by atoms with Gasteiger partial charge in [0.2, 0.25) is 0 Å². The molecule has 0 saturated carbocycles. The van der Waals surface area contributed by atoms with Crippen molar-refractivity contribution in [1.82, 2.24) is 0 Å². The van der Waals surface area contributed by atoms with Gasteiger partial charge in [0, 0.05) is 0 Å². The first-order valence-corrected chi connectivity index (χ1v) is 4.08. The molecule has 1 aromatic carbocycles. The molecule has 68 valence electrons. The average molecular weight is 176 g/mol. The van der Waals surface area contributed by atoms with Crippen LogP contribution in [0.25, 0.3) is 6.08 Å². The van der Waals surface area contributed by atoms with E-state index in [9.17, 15) is 4.79 Å². The highest BCUT2D eigenvalue weighted by molar-refractivity contribution is 5.97. The first kappa shape index (κ1) is 9.52. The minimum Gasteiger partial charge on any atom is -0.508 e. The van der Waals surface area contributed by atoms with Crippen LogP contribution in [0.5, 0.6) is 5.75 Å². The summed E-state index contributed by atoms with van der Waals surface area (Å²) in [5, 5.41) is 9.15. The van der Waals surface area contributed by atoms with Gasteiger partial charge in [0.15, 0.2) is 5.78 Å². The van der Waals surface area contributed by atoms with E-state index < -0.39 is 0 Å². The van der Waals surface area contributed by atoms with Crippen molar-refractivity contribution in [2.45, 2.75) is 13.8 Å². The Morgan fingerprint density at radius 2 is 2.08 bits per heavy atom. The zero-order chi connectivity index (χ0) is 9.84. The van der Waals surface area contributed by atoms with Gasteiger partial charge in [-0.2, -0.15) is 0 Å². The minimum atomic E-state index is 0.0448. The van der Waals surface area contributed by atoms with Gasteiger partial charge >= 0.3 is 0 Å². The predicted octanol–water partition coefficient (Wildman–Crippen LogP) is 2.38. The monoisotopic (exact) mass is 176 g/mol. The van der Waals surface area contributed by atoms with Crippen LogP contribution in [0.3, 0.4) is 0 Å². The molecule has 0 aromatic heterocycles. The van der Waals surface area contributed by atoms with Crippen molar-refractivity contribution in [2.24, 2.45) is 0 Å². The lowest BCUT2D eigenvalue weighted by atomic mass is 10.1. The molecule has 0 unspecified atom stereocenters. The third kappa shape index (κ3) is 2.75. The fourth-order valence-electron chi connectivity index (χ4n) is 0.966. The smallest absolute Gasteiger partial charge is 0.155 e. The largest absolute Gasteiger partial charge is 0.508 e. The molecule has 0 aliphatic carbocycles. The second kappa shape index (κ2) is 3.90. The normalized spacial score (nSPS) is 11.4. The molecule has 0 amide bonds. The number of phenols is 1. The van der Waals surface area contributed by atoms with Crippen molar-refractivity contribution in [3.63, 3.8) is 0 Å². The number of Topliss-reactive ketones (excluding diaryl/α,β-unsaturated/α-hetero) is 1. The fourth-order valence-corrected chi connectivity index (χ4v) is 0.966. The molecule has 13 heavy (non-hydrogen) atoms. The van der Waals surface area contributed by atoms with Gasteiger partial charge in [-0.05, 0) is 43.2 Å². The van der Waals surface area contributed by atoms with Crippen LogP contribution in [0.1, 0.15) is 19.4 Å². The van der Waals surface area contributed by atoms with Crippen molar-refractivity contribution < 1.29 is 9.90 Å². The molecule has 0 fully saturated rings. The second-order valence-corrected chi connectivity index (χ2v) is 2.98. The van der Waals surface area contributed by atoms with Crippen LogP contribution in [0.15, 0.2) is 29.8 Å². The van der Waals surface area contributed by atoms with Crippen molar-refractivity contribution in [3.05, 3.63) is 35.4 Å².